The Morgan fingerprint density at radius 2 is 2.12 bits per heavy atom. The van der Waals surface area contributed by atoms with E-state index in [1.807, 2.05) is 12.1 Å². The maximum Gasteiger partial charge on any atom is 0.139 e. The van der Waals surface area contributed by atoms with E-state index in [4.69, 9.17) is 5.73 Å². The fourth-order valence-electron chi connectivity index (χ4n) is 1.43. The molecule has 1 aromatic carbocycles. The molecule has 0 heterocycles. The van der Waals surface area contributed by atoms with Gasteiger partial charge in [-0.2, -0.15) is 0 Å². The molecule has 0 aliphatic heterocycles. The molecule has 2 N–H and O–H groups in total. The van der Waals surface area contributed by atoms with E-state index in [0.717, 1.165) is 12.8 Å². The summed E-state index contributed by atoms with van der Waals surface area (Å²) in [5.41, 5.74) is 6.34. The Labute approximate surface area is 96.8 Å². The van der Waals surface area contributed by atoms with Gasteiger partial charge in [-0.15, -0.1) is 0 Å². The highest BCUT2D eigenvalue weighted by atomic mass is 32.2. The molecule has 16 heavy (non-hydrogen) atoms. The van der Waals surface area contributed by atoms with E-state index in [1.165, 1.54) is 0 Å². The van der Waals surface area contributed by atoms with Gasteiger partial charge in [0.15, 0.2) is 0 Å². The topological polar surface area (TPSA) is 58.7 Å². The summed E-state index contributed by atoms with van der Waals surface area (Å²) in [6, 6.07) is 7.43. The van der Waals surface area contributed by atoms with Crippen molar-refractivity contribution in [3.05, 3.63) is 24.3 Å². The number of hydrogen-bond acceptors (Lipinski definition) is 3. The Hall–Kier alpha value is -1.07. The molecule has 1 fully saturated rings. The summed E-state index contributed by atoms with van der Waals surface area (Å²) < 4.78 is 18.9. The zero-order valence-corrected chi connectivity index (χ0v) is 10.4. The molecular weight excluding hydrogens is 222 g/mol. The van der Waals surface area contributed by atoms with Gasteiger partial charge in [-0.05, 0) is 31.0 Å². The summed E-state index contributed by atoms with van der Waals surface area (Å²) in [7, 11) is 1.11. The summed E-state index contributed by atoms with van der Waals surface area (Å²) in [5, 5.41) is 0. The van der Waals surface area contributed by atoms with Crippen molar-refractivity contribution in [3.8, 4) is 0 Å². The van der Waals surface area contributed by atoms with Crippen molar-refractivity contribution < 1.29 is 4.21 Å². The van der Waals surface area contributed by atoms with Crippen LogP contribution in [0.1, 0.15) is 12.8 Å². The molecule has 1 aliphatic carbocycles. The highest BCUT2D eigenvalue weighted by Gasteiger charge is 2.26. The molecule has 4 nitrogen and oxygen atoms in total. The second-order valence-electron chi connectivity index (χ2n) is 4.22. The summed E-state index contributed by atoms with van der Waals surface area (Å²) >= 11 is 0. The lowest BCUT2D eigenvalue weighted by Crippen LogP contribution is -2.22. The second-order valence-corrected chi connectivity index (χ2v) is 6.62. The van der Waals surface area contributed by atoms with Crippen LogP contribution in [0.4, 0.5) is 5.69 Å². The minimum atomic E-state index is -2.47. The molecule has 1 saturated carbocycles. The summed E-state index contributed by atoms with van der Waals surface area (Å²) in [5.74, 6) is 0. The van der Waals surface area contributed by atoms with Gasteiger partial charge in [0.25, 0.3) is 0 Å². The quantitative estimate of drug-likeness (QED) is 0.817. The number of hydrogen-bond donors (Lipinski definition) is 1. The van der Waals surface area contributed by atoms with Gasteiger partial charge in [0.05, 0.1) is 10.9 Å². The fourth-order valence-corrected chi connectivity index (χ4v) is 3.32. The lowest BCUT2D eigenvalue weighted by Gasteiger charge is -2.17. The molecule has 0 bridgehead atoms. The van der Waals surface area contributed by atoms with Crippen molar-refractivity contribution in [1.82, 2.24) is 4.31 Å². The maximum absolute atomic E-state index is 12.8. The Bertz CT molecular complexity index is 500. The van der Waals surface area contributed by atoms with Crippen LogP contribution >= 0.6 is 0 Å². The third-order valence-corrected chi connectivity index (χ3v) is 4.94. The molecule has 1 aromatic rings. The summed E-state index contributed by atoms with van der Waals surface area (Å²) in [6.45, 7) is 0. The third-order valence-electron chi connectivity index (χ3n) is 2.50. The normalized spacial score (nSPS) is 19.4. The van der Waals surface area contributed by atoms with E-state index in [1.54, 1.807) is 30.5 Å². The largest absolute Gasteiger partial charge is 0.399 e. The first-order valence-corrected chi connectivity index (χ1v) is 6.79. The van der Waals surface area contributed by atoms with Crippen molar-refractivity contribution >= 4 is 15.6 Å². The van der Waals surface area contributed by atoms with E-state index in [-0.39, 0.29) is 6.04 Å². The number of nitrogens with two attached hydrogens (primary N) is 1. The average Bonchev–Trinajstić information content (AvgIpc) is 3.01. The van der Waals surface area contributed by atoms with Crippen molar-refractivity contribution in [3.63, 3.8) is 0 Å². The first kappa shape index (κ1) is 11.4. The zero-order valence-electron chi connectivity index (χ0n) is 9.59. The monoisotopic (exact) mass is 239 g/mol. The molecule has 5 heteroatoms. The van der Waals surface area contributed by atoms with E-state index >= 15 is 0 Å². The van der Waals surface area contributed by atoms with E-state index in [0.29, 0.717) is 10.6 Å². The minimum absolute atomic E-state index is 0.260. The van der Waals surface area contributed by atoms with Crippen LogP contribution in [0.5, 0.6) is 0 Å². The van der Waals surface area contributed by atoms with Crippen LogP contribution in [0, 0.1) is 0 Å². The van der Waals surface area contributed by atoms with Crippen LogP contribution in [0.15, 0.2) is 33.5 Å². The molecule has 1 aliphatic rings. The van der Waals surface area contributed by atoms with Gasteiger partial charge < -0.3 is 5.73 Å². The Kier molecular flexibility index (Phi) is 2.90. The van der Waals surface area contributed by atoms with Crippen LogP contribution < -0.4 is 5.73 Å². The van der Waals surface area contributed by atoms with Crippen LogP contribution in [-0.4, -0.2) is 28.7 Å². The van der Waals surface area contributed by atoms with Gasteiger partial charge in [0.1, 0.15) is 9.92 Å². The lowest BCUT2D eigenvalue weighted by atomic mass is 10.3. The fraction of sp³-hybridized carbons (Fsp3) is 0.455. The number of rotatable bonds is 3. The predicted octanol–water partition coefficient (Wildman–Crippen LogP) is 1.73. The molecule has 2 rings (SSSR count). The zero-order chi connectivity index (χ0) is 11.8. The van der Waals surface area contributed by atoms with Gasteiger partial charge in [-0.1, -0.05) is 6.07 Å². The standard InChI is InChI=1S/C11H17N3OS/c1-14(2)16(15,13-10-6-7-10)11-5-3-4-9(12)8-11/h3-5,8,10H,6-7,12H2,1-2H3. The third kappa shape index (κ3) is 2.20. The van der Waals surface area contributed by atoms with Gasteiger partial charge in [0.2, 0.25) is 0 Å². The van der Waals surface area contributed by atoms with Crippen molar-refractivity contribution in [1.29, 1.82) is 0 Å². The van der Waals surface area contributed by atoms with Crippen molar-refractivity contribution in [2.45, 2.75) is 23.8 Å². The van der Waals surface area contributed by atoms with Gasteiger partial charge in [-0.3, -0.25) is 0 Å². The number of nitrogen functional groups attached to an aromatic ring is 1. The van der Waals surface area contributed by atoms with Crippen LogP contribution in [0.25, 0.3) is 0 Å². The van der Waals surface area contributed by atoms with E-state index < -0.39 is 9.92 Å². The van der Waals surface area contributed by atoms with Crippen LogP contribution in [-0.2, 0) is 9.92 Å². The predicted molar refractivity (Wildman–Crippen MR) is 66.4 cm³/mol. The van der Waals surface area contributed by atoms with Gasteiger partial charge in [0, 0.05) is 19.8 Å². The summed E-state index contributed by atoms with van der Waals surface area (Å²) in [6.07, 6.45) is 2.10. The van der Waals surface area contributed by atoms with Gasteiger partial charge in [-0.25, -0.2) is 12.9 Å². The van der Waals surface area contributed by atoms with E-state index in [2.05, 4.69) is 4.36 Å². The molecule has 0 amide bonds. The maximum atomic E-state index is 12.8. The van der Waals surface area contributed by atoms with Crippen LogP contribution in [0.3, 0.4) is 0 Å². The highest BCUT2D eigenvalue weighted by molar-refractivity contribution is 7.91. The SMILES string of the molecule is CN(C)S(=O)(=NC1CC1)c1cccc(N)c1. The first-order valence-electron chi connectivity index (χ1n) is 5.32. The molecule has 0 spiro atoms. The van der Waals surface area contributed by atoms with Crippen molar-refractivity contribution in [2.75, 3.05) is 19.8 Å². The minimum Gasteiger partial charge on any atom is -0.399 e. The van der Waals surface area contributed by atoms with Crippen molar-refractivity contribution in [2.24, 2.45) is 4.36 Å². The molecule has 0 aromatic heterocycles. The number of benzene rings is 1. The first-order chi connectivity index (χ1) is 7.52. The van der Waals surface area contributed by atoms with Crippen LogP contribution in [0.2, 0.25) is 0 Å². The molecular formula is C11H17N3OS. The molecule has 0 radical (unpaired) electrons. The highest BCUT2D eigenvalue weighted by Crippen LogP contribution is 2.29. The molecule has 0 saturated heterocycles. The second kappa shape index (κ2) is 4.07. The van der Waals surface area contributed by atoms with Gasteiger partial charge >= 0.3 is 0 Å². The molecule has 88 valence electrons. The molecule has 1 unspecified atom stereocenters. The Balaban J connectivity index is 2.51. The Morgan fingerprint density at radius 1 is 1.44 bits per heavy atom. The number of nitrogens with zero attached hydrogens (tertiary/aromatic N) is 2. The average molecular weight is 239 g/mol. The lowest BCUT2D eigenvalue weighted by molar-refractivity contribution is 0.589. The summed E-state index contributed by atoms with van der Waals surface area (Å²) in [4.78, 5) is 0.699. The smallest absolute Gasteiger partial charge is 0.139 e. The molecule has 1 atom stereocenters. The Morgan fingerprint density at radius 3 is 2.62 bits per heavy atom. The number of anilines is 1. The van der Waals surface area contributed by atoms with E-state index in [9.17, 15) is 4.21 Å².